The molecule has 2 aromatic heterocycles. The highest BCUT2D eigenvalue weighted by Crippen LogP contribution is 2.24. The molecule has 0 aromatic carbocycles. The van der Waals surface area contributed by atoms with Gasteiger partial charge in [0.05, 0.1) is 5.39 Å². The Balaban J connectivity index is 2.63. The fourth-order valence-corrected chi connectivity index (χ4v) is 3.70. The summed E-state index contributed by atoms with van der Waals surface area (Å²) in [5.41, 5.74) is 0.0365. The van der Waals surface area contributed by atoms with Crippen molar-refractivity contribution in [3.63, 3.8) is 0 Å². The maximum atomic E-state index is 12.5. The Bertz CT molecular complexity index is 649. The lowest BCUT2D eigenvalue weighted by Crippen LogP contribution is -2.28. The number of hydrogen-bond acceptors (Lipinski definition) is 3. The predicted octanol–water partition coefficient (Wildman–Crippen LogP) is 4.12. The van der Waals surface area contributed by atoms with E-state index in [1.165, 1.54) is 11.3 Å². The van der Waals surface area contributed by atoms with Crippen LogP contribution in [0.4, 0.5) is 0 Å². The Morgan fingerprint density at radius 1 is 1.44 bits per heavy atom. The van der Waals surface area contributed by atoms with Crippen LogP contribution in [0.3, 0.4) is 0 Å². The smallest absolute Gasteiger partial charge is 0.263 e. The normalized spacial score (nSPS) is 13.3. The summed E-state index contributed by atoms with van der Waals surface area (Å²) in [6.45, 7) is 6.40. The number of fused-ring (bicyclic) bond motifs is 1. The van der Waals surface area contributed by atoms with E-state index in [2.05, 4.69) is 25.8 Å². The highest BCUT2D eigenvalue weighted by atomic mass is 32.1. The van der Waals surface area contributed by atoms with E-state index in [-0.39, 0.29) is 11.6 Å². The summed E-state index contributed by atoms with van der Waals surface area (Å²) < 4.78 is 2.27. The molecule has 0 radical (unpaired) electrons. The van der Waals surface area contributed by atoms with E-state index in [1.54, 1.807) is 4.57 Å². The third kappa shape index (κ3) is 2.17. The van der Waals surface area contributed by atoms with Gasteiger partial charge in [-0.05, 0) is 36.5 Å². The molecule has 0 amide bonds. The second-order valence-corrected chi connectivity index (χ2v) is 5.89. The van der Waals surface area contributed by atoms with Crippen LogP contribution >= 0.6 is 23.6 Å². The Hall–Kier alpha value is -0.940. The third-order valence-electron chi connectivity index (χ3n) is 3.69. The van der Waals surface area contributed by atoms with E-state index in [0.717, 1.165) is 23.1 Å². The van der Waals surface area contributed by atoms with Crippen LogP contribution in [-0.2, 0) is 0 Å². The average molecular weight is 282 g/mol. The lowest BCUT2D eigenvalue weighted by atomic mass is 9.95. The van der Waals surface area contributed by atoms with Gasteiger partial charge in [-0.2, -0.15) is 0 Å². The zero-order chi connectivity index (χ0) is 13.3. The number of H-pyrrole nitrogens is 1. The number of nitrogens with zero attached hydrogens (tertiary/aromatic N) is 1. The molecule has 1 atom stereocenters. The molecule has 0 fully saturated rings. The summed E-state index contributed by atoms with van der Waals surface area (Å²) in [7, 11) is 0. The minimum absolute atomic E-state index is 0.0365. The van der Waals surface area contributed by atoms with Crippen LogP contribution in [0.15, 0.2) is 16.2 Å². The number of thiophene rings is 1. The van der Waals surface area contributed by atoms with Gasteiger partial charge in [0.25, 0.3) is 5.56 Å². The molecule has 18 heavy (non-hydrogen) atoms. The van der Waals surface area contributed by atoms with Crippen LogP contribution in [0.25, 0.3) is 10.2 Å². The first kappa shape index (κ1) is 13.5. The summed E-state index contributed by atoms with van der Waals surface area (Å²) >= 11 is 6.86. The van der Waals surface area contributed by atoms with Gasteiger partial charge in [0.1, 0.15) is 4.83 Å². The van der Waals surface area contributed by atoms with Crippen molar-refractivity contribution in [2.24, 2.45) is 5.92 Å². The van der Waals surface area contributed by atoms with Crippen molar-refractivity contribution in [1.29, 1.82) is 0 Å². The monoisotopic (exact) mass is 282 g/mol. The summed E-state index contributed by atoms with van der Waals surface area (Å²) in [4.78, 5) is 16.5. The van der Waals surface area contributed by atoms with Crippen molar-refractivity contribution in [1.82, 2.24) is 9.55 Å². The molecule has 0 spiro atoms. The first-order chi connectivity index (χ1) is 8.60. The minimum atomic E-state index is 0.0365. The van der Waals surface area contributed by atoms with E-state index in [9.17, 15) is 4.79 Å². The van der Waals surface area contributed by atoms with Crippen LogP contribution in [0.5, 0.6) is 0 Å². The molecule has 0 saturated carbocycles. The van der Waals surface area contributed by atoms with Crippen LogP contribution < -0.4 is 5.56 Å². The second-order valence-electron chi connectivity index (χ2n) is 4.59. The molecule has 1 unspecified atom stereocenters. The first-order valence-electron chi connectivity index (χ1n) is 6.32. The maximum Gasteiger partial charge on any atom is 0.263 e. The van der Waals surface area contributed by atoms with Gasteiger partial charge >= 0.3 is 0 Å². The SMILES string of the molecule is CCC(CC)C(C)n1c(=S)[nH]c2sccc2c1=O. The summed E-state index contributed by atoms with van der Waals surface area (Å²) in [5.74, 6) is 0.480. The molecule has 5 heteroatoms. The third-order valence-corrected chi connectivity index (χ3v) is 4.82. The fourth-order valence-electron chi connectivity index (χ4n) is 2.51. The summed E-state index contributed by atoms with van der Waals surface area (Å²) in [5, 5.41) is 2.66. The average Bonchev–Trinajstić information content (AvgIpc) is 2.78. The molecular weight excluding hydrogens is 264 g/mol. The standard InChI is InChI=1S/C13H18N2OS2/c1-4-9(5-2)8(3)15-12(16)10-6-7-18-11(10)14-13(15)17/h6-9H,4-5H2,1-3H3,(H,14,17). The molecule has 0 aliphatic carbocycles. The molecule has 0 saturated heterocycles. The van der Waals surface area contributed by atoms with Crippen LogP contribution in [0.1, 0.15) is 39.7 Å². The Labute approximate surface area is 115 Å². The van der Waals surface area contributed by atoms with Gasteiger partial charge in [0.2, 0.25) is 0 Å². The fraction of sp³-hybridized carbons (Fsp3) is 0.538. The van der Waals surface area contributed by atoms with E-state index in [0.29, 0.717) is 10.7 Å². The van der Waals surface area contributed by atoms with E-state index >= 15 is 0 Å². The number of nitrogens with one attached hydrogen (secondary N) is 1. The highest BCUT2D eigenvalue weighted by molar-refractivity contribution is 7.71. The van der Waals surface area contributed by atoms with E-state index in [1.807, 2.05) is 11.4 Å². The number of aromatic nitrogens is 2. The molecule has 2 heterocycles. The summed E-state index contributed by atoms with van der Waals surface area (Å²) in [6, 6.07) is 2.00. The van der Waals surface area contributed by atoms with Crippen LogP contribution in [0, 0.1) is 10.7 Å². The number of rotatable bonds is 4. The number of aromatic amines is 1. The molecule has 1 N–H and O–H groups in total. The Morgan fingerprint density at radius 2 is 2.11 bits per heavy atom. The lowest BCUT2D eigenvalue weighted by molar-refractivity contribution is 0.323. The molecule has 0 aliphatic heterocycles. The number of hydrogen-bond donors (Lipinski definition) is 1. The van der Waals surface area contributed by atoms with Crippen LogP contribution in [0.2, 0.25) is 0 Å². The van der Waals surface area contributed by atoms with E-state index in [4.69, 9.17) is 12.2 Å². The molecule has 3 nitrogen and oxygen atoms in total. The van der Waals surface area contributed by atoms with Gasteiger partial charge in [-0.1, -0.05) is 26.7 Å². The molecule has 2 aromatic rings. The second kappa shape index (κ2) is 5.36. The van der Waals surface area contributed by atoms with Gasteiger partial charge in [0, 0.05) is 6.04 Å². The van der Waals surface area contributed by atoms with Crippen molar-refractivity contribution >= 4 is 33.8 Å². The minimum Gasteiger partial charge on any atom is -0.323 e. The molecule has 2 rings (SSSR count). The highest BCUT2D eigenvalue weighted by Gasteiger charge is 2.19. The Kier molecular flexibility index (Phi) is 4.02. The van der Waals surface area contributed by atoms with Gasteiger partial charge in [-0.15, -0.1) is 11.3 Å². The van der Waals surface area contributed by atoms with Crippen molar-refractivity contribution in [2.75, 3.05) is 0 Å². The molecular formula is C13H18N2OS2. The molecule has 98 valence electrons. The van der Waals surface area contributed by atoms with Gasteiger partial charge in [-0.3, -0.25) is 9.36 Å². The predicted molar refractivity (Wildman–Crippen MR) is 80.1 cm³/mol. The Morgan fingerprint density at radius 3 is 2.72 bits per heavy atom. The van der Waals surface area contributed by atoms with Gasteiger partial charge in [-0.25, -0.2) is 0 Å². The summed E-state index contributed by atoms with van der Waals surface area (Å²) in [6.07, 6.45) is 2.11. The quantitative estimate of drug-likeness (QED) is 0.857. The first-order valence-corrected chi connectivity index (χ1v) is 7.60. The lowest BCUT2D eigenvalue weighted by Gasteiger charge is -2.23. The van der Waals surface area contributed by atoms with Crippen molar-refractivity contribution < 1.29 is 0 Å². The molecule has 0 aliphatic rings. The zero-order valence-corrected chi connectivity index (χ0v) is 12.5. The van der Waals surface area contributed by atoms with Gasteiger partial charge < -0.3 is 4.98 Å². The van der Waals surface area contributed by atoms with E-state index < -0.39 is 0 Å². The topological polar surface area (TPSA) is 37.8 Å². The van der Waals surface area contributed by atoms with Crippen molar-refractivity contribution in [3.8, 4) is 0 Å². The molecule has 0 bridgehead atoms. The maximum absolute atomic E-state index is 12.5. The zero-order valence-electron chi connectivity index (χ0n) is 10.9. The largest absolute Gasteiger partial charge is 0.323 e. The van der Waals surface area contributed by atoms with Gasteiger partial charge in [0.15, 0.2) is 4.77 Å². The van der Waals surface area contributed by atoms with Crippen molar-refractivity contribution in [3.05, 3.63) is 26.6 Å². The van der Waals surface area contributed by atoms with Crippen LogP contribution in [-0.4, -0.2) is 9.55 Å². The van der Waals surface area contributed by atoms with Crippen molar-refractivity contribution in [2.45, 2.75) is 39.7 Å².